The third-order valence-electron chi connectivity index (χ3n) is 5.70. The molecular weight excluding hydrogens is 474 g/mol. The standard InChI is InChI=1S/C29H38F2N4O2/c1-28(2,3)25(32-15-10-16-33-27(36)37-29(4,5)6)26-34-24(22-17-21(30)13-14-23(22)31)19-35(26)18-20-11-8-7-9-12-20/h7-9,11-14,17,19,25,32H,10,15-16,18H2,1-6H3,(H,33,36). The Morgan fingerprint density at radius 2 is 1.73 bits per heavy atom. The van der Waals surface area contributed by atoms with E-state index in [0.29, 0.717) is 31.7 Å². The van der Waals surface area contributed by atoms with E-state index in [1.54, 1.807) is 6.20 Å². The van der Waals surface area contributed by atoms with Crippen molar-refractivity contribution in [1.29, 1.82) is 0 Å². The summed E-state index contributed by atoms with van der Waals surface area (Å²) in [5.41, 5.74) is 0.791. The van der Waals surface area contributed by atoms with Gasteiger partial charge in [-0.25, -0.2) is 18.6 Å². The van der Waals surface area contributed by atoms with Crippen molar-refractivity contribution >= 4 is 6.09 Å². The molecule has 1 heterocycles. The number of hydrogen-bond donors (Lipinski definition) is 2. The fraction of sp³-hybridized carbons (Fsp3) is 0.448. The number of amides is 1. The van der Waals surface area contributed by atoms with E-state index < -0.39 is 23.3 Å². The Morgan fingerprint density at radius 3 is 2.38 bits per heavy atom. The average Bonchev–Trinajstić information content (AvgIpc) is 3.19. The number of carbonyl (C=O) groups is 1. The summed E-state index contributed by atoms with van der Waals surface area (Å²) in [4.78, 5) is 16.7. The van der Waals surface area contributed by atoms with Gasteiger partial charge in [-0.2, -0.15) is 0 Å². The first kappa shape index (κ1) is 28.3. The molecule has 0 aliphatic rings. The summed E-state index contributed by atoms with van der Waals surface area (Å²) in [6.07, 6.45) is 2.02. The average molecular weight is 513 g/mol. The zero-order valence-electron chi connectivity index (χ0n) is 22.6. The number of hydrogen-bond acceptors (Lipinski definition) is 4. The molecule has 0 saturated heterocycles. The van der Waals surface area contributed by atoms with Gasteiger partial charge in [-0.1, -0.05) is 51.1 Å². The number of aromatic nitrogens is 2. The molecule has 2 N–H and O–H groups in total. The Balaban J connectivity index is 1.83. The van der Waals surface area contributed by atoms with E-state index in [1.165, 1.54) is 6.07 Å². The number of benzene rings is 2. The minimum atomic E-state index is -0.547. The summed E-state index contributed by atoms with van der Waals surface area (Å²) < 4.78 is 35.9. The van der Waals surface area contributed by atoms with Gasteiger partial charge in [-0.3, -0.25) is 0 Å². The van der Waals surface area contributed by atoms with Crippen LogP contribution in [0.4, 0.5) is 13.6 Å². The molecule has 0 bridgehead atoms. The van der Waals surface area contributed by atoms with E-state index in [-0.39, 0.29) is 17.0 Å². The predicted octanol–water partition coefficient (Wildman–Crippen LogP) is 6.47. The van der Waals surface area contributed by atoms with Crippen molar-refractivity contribution in [2.75, 3.05) is 13.1 Å². The van der Waals surface area contributed by atoms with Crippen LogP contribution in [-0.4, -0.2) is 34.3 Å². The van der Waals surface area contributed by atoms with Crippen LogP contribution in [0, 0.1) is 17.0 Å². The summed E-state index contributed by atoms with van der Waals surface area (Å²) in [5, 5.41) is 6.35. The molecule has 0 aliphatic heterocycles. The Morgan fingerprint density at radius 1 is 1.03 bits per heavy atom. The quantitative estimate of drug-likeness (QED) is 0.323. The highest BCUT2D eigenvalue weighted by Gasteiger charge is 2.31. The van der Waals surface area contributed by atoms with Gasteiger partial charge >= 0.3 is 6.09 Å². The van der Waals surface area contributed by atoms with Crippen molar-refractivity contribution in [2.45, 2.75) is 66.2 Å². The second kappa shape index (κ2) is 11.9. The maximum atomic E-state index is 14.6. The highest BCUT2D eigenvalue weighted by molar-refractivity contribution is 5.67. The second-order valence-electron chi connectivity index (χ2n) is 11.3. The van der Waals surface area contributed by atoms with E-state index >= 15 is 0 Å². The van der Waals surface area contributed by atoms with Crippen LogP contribution in [-0.2, 0) is 11.3 Å². The van der Waals surface area contributed by atoms with Crippen LogP contribution in [0.5, 0.6) is 0 Å². The van der Waals surface area contributed by atoms with Gasteiger partial charge in [0.1, 0.15) is 23.1 Å². The highest BCUT2D eigenvalue weighted by Crippen LogP contribution is 2.34. The van der Waals surface area contributed by atoms with Gasteiger partial charge in [0.2, 0.25) is 0 Å². The first-order valence-electron chi connectivity index (χ1n) is 12.6. The summed E-state index contributed by atoms with van der Waals surface area (Å²) >= 11 is 0. The fourth-order valence-electron chi connectivity index (χ4n) is 4.02. The smallest absolute Gasteiger partial charge is 0.407 e. The van der Waals surface area contributed by atoms with Crippen LogP contribution in [0.25, 0.3) is 11.3 Å². The molecule has 0 saturated carbocycles. The normalized spacial score (nSPS) is 12.9. The summed E-state index contributed by atoms with van der Waals surface area (Å²) in [7, 11) is 0. The molecule has 8 heteroatoms. The lowest BCUT2D eigenvalue weighted by molar-refractivity contribution is 0.0527. The Bertz CT molecular complexity index is 1180. The first-order chi connectivity index (χ1) is 17.3. The van der Waals surface area contributed by atoms with Crippen LogP contribution < -0.4 is 10.6 Å². The Hall–Kier alpha value is -3.26. The molecule has 3 rings (SSSR count). The van der Waals surface area contributed by atoms with E-state index in [9.17, 15) is 13.6 Å². The molecule has 0 aliphatic carbocycles. The molecule has 1 aromatic heterocycles. The predicted molar refractivity (Wildman–Crippen MR) is 142 cm³/mol. The van der Waals surface area contributed by atoms with Crippen molar-refractivity contribution in [1.82, 2.24) is 20.2 Å². The summed E-state index contributed by atoms with van der Waals surface area (Å²) in [5.74, 6) is -0.306. The van der Waals surface area contributed by atoms with E-state index in [0.717, 1.165) is 23.5 Å². The van der Waals surface area contributed by atoms with Crippen LogP contribution >= 0.6 is 0 Å². The maximum absolute atomic E-state index is 14.6. The Kier molecular flexibility index (Phi) is 9.07. The molecule has 0 spiro atoms. The molecule has 3 aromatic rings. The fourth-order valence-corrected chi connectivity index (χ4v) is 4.02. The molecule has 1 amide bonds. The third kappa shape index (κ3) is 8.39. The molecule has 2 aromatic carbocycles. The number of ether oxygens (including phenoxy) is 1. The van der Waals surface area contributed by atoms with Crippen LogP contribution in [0.15, 0.2) is 54.7 Å². The SMILES string of the molecule is CC(C)(C)OC(=O)NCCCNC(c1nc(-c2cc(F)ccc2F)cn1Cc1ccccc1)C(C)(C)C. The van der Waals surface area contributed by atoms with Gasteiger partial charge in [-0.05, 0) is 62.9 Å². The number of alkyl carbamates (subject to hydrolysis) is 1. The van der Waals surface area contributed by atoms with Crippen molar-refractivity contribution < 1.29 is 18.3 Å². The van der Waals surface area contributed by atoms with Crippen LogP contribution in [0.2, 0.25) is 0 Å². The van der Waals surface area contributed by atoms with Crippen molar-refractivity contribution in [2.24, 2.45) is 5.41 Å². The van der Waals surface area contributed by atoms with E-state index in [1.807, 2.05) is 55.7 Å². The highest BCUT2D eigenvalue weighted by atomic mass is 19.1. The third-order valence-corrected chi connectivity index (χ3v) is 5.70. The molecular formula is C29H38F2N4O2. The van der Waals surface area contributed by atoms with Gasteiger partial charge in [-0.15, -0.1) is 0 Å². The lowest BCUT2D eigenvalue weighted by Gasteiger charge is -2.32. The monoisotopic (exact) mass is 512 g/mol. The number of nitrogens with zero attached hydrogens (tertiary/aromatic N) is 2. The van der Waals surface area contributed by atoms with Crippen molar-refractivity contribution in [3.63, 3.8) is 0 Å². The zero-order valence-corrected chi connectivity index (χ0v) is 22.6. The zero-order chi connectivity index (χ0) is 27.2. The first-order valence-corrected chi connectivity index (χ1v) is 12.6. The van der Waals surface area contributed by atoms with Gasteiger partial charge in [0.15, 0.2) is 0 Å². The number of carbonyl (C=O) groups excluding carboxylic acids is 1. The van der Waals surface area contributed by atoms with Crippen molar-refractivity contribution in [3.8, 4) is 11.3 Å². The molecule has 6 nitrogen and oxygen atoms in total. The molecule has 37 heavy (non-hydrogen) atoms. The number of rotatable bonds is 9. The summed E-state index contributed by atoms with van der Waals surface area (Å²) in [6.45, 7) is 13.4. The lowest BCUT2D eigenvalue weighted by Crippen LogP contribution is -2.37. The van der Waals surface area contributed by atoms with E-state index in [2.05, 4.69) is 31.4 Å². The van der Waals surface area contributed by atoms with Crippen LogP contribution in [0.3, 0.4) is 0 Å². The molecule has 0 radical (unpaired) electrons. The molecule has 1 unspecified atom stereocenters. The largest absolute Gasteiger partial charge is 0.444 e. The number of nitrogens with one attached hydrogen (secondary N) is 2. The van der Waals surface area contributed by atoms with E-state index in [4.69, 9.17) is 9.72 Å². The Labute approximate surface area is 218 Å². The summed E-state index contributed by atoms with van der Waals surface area (Å²) in [6, 6.07) is 13.1. The number of halogens is 2. The second-order valence-corrected chi connectivity index (χ2v) is 11.3. The molecule has 200 valence electrons. The van der Waals surface area contributed by atoms with Crippen LogP contribution in [0.1, 0.15) is 65.4 Å². The lowest BCUT2D eigenvalue weighted by atomic mass is 9.86. The topological polar surface area (TPSA) is 68.2 Å². The van der Waals surface area contributed by atoms with Gasteiger partial charge in [0, 0.05) is 24.8 Å². The minimum Gasteiger partial charge on any atom is -0.444 e. The minimum absolute atomic E-state index is 0.127. The van der Waals surface area contributed by atoms with Gasteiger partial charge in [0.05, 0.1) is 11.7 Å². The number of imidazole rings is 1. The van der Waals surface area contributed by atoms with Crippen molar-refractivity contribution in [3.05, 3.63) is 77.8 Å². The van der Waals surface area contributed by atoms with Gasteiger partial charge in [0.25, 0.3) is 0 Å². The van der Waals surface area contributed by atoms with Gasteiger partial charge < -0.3 is 19.9 Å². The molecule has 1 atom stereocenters. The molecule has 0 fully saturated rings. The maximum Gasteiger partial charge on any atom is 0.407 e.